The first-order valence-electron chi connectivity index (χ1n) is 10.7. The normalized spacial score (nSPS) is 20.3. The minimum Gasteiger partial charge on any atom is -0.491 e. The highest BCUT2D eigenvalue weighted by atomic mass is 127. The Hall–Kier alpha value is -2.36. The average molecular weight is 576 g/mol. The van der Waals surface area contributed by atoms with E-state index in [-0.39, 0.29) is 18.4 Å². The van der Waals surface area contributed by atoms with Crippen molar-refractivity contribution in [2.75, 3.05) is 6.61 Å². The molecule has 0 bridgehead atoms. The monoisotopic (exact) mass is 575 g/mol. The van der Waals surface area contributed by atoms with Gasteiger partial charge in [0.2, 0.25) is 0 Å². The molecule has 3 atom stereocenters. The summed E-state index contributed by atoms with van der Waals surface area (Å²) >= 11 is 8.59. The molecule has 0 amide bonds. The standard InChI is InChI=1S/C25H23ClIN3O3/c1-15-3-7-17(8-4-15)31-13-21-20(32-18-9-5-16(2)6-10-18)11-22(33-21)30-12-19(27)23-24(26)28-14-29-25(23)30/h3-10,12,14,20-22H,11,13H2,1-2H3/t20-,21+,22+/m0/s1. The second kappa shape index (κ2) is 9.48. The first-order valence-corrected chi connectivity index (χ1v) is 12.2. The maximum atomic E-state index is 6.47. The van der Waals surface area contributed by atoms with Crippen LogP contribution in [0.3, 0.4) is 0 Å². The molecule has 170 valence electrons. The van der Waals surface area contributed by atoms with Gasteiger partial charge in [-0.3, -0.25) is 0 Å². The van der Waals surface area contributed by atoms with E-state index in [1.54, 1.807) is 0 Å². The predicted molar refractivity (Wildman–Crippen MR) is 136 cm³/mol. The van der Waals surface area contributed by atoms with Crippen molar-refractivity contribution in [3.8, 4) is 11.5 Å². The van der Waals surface area contributed by atoms with Crippen LogP contribution < -0.4 is 9.47 Å². The van der Waals surface area contributed by atoms with E-state index in [0.717, 1.165) is 26.1 Å². The van der Waals surface area contributed by atoms with Crippen LogP contribution in [0.5, 0.6) is 11.5 Å². The number of aromatic nitrogens is 3. The van der Waals surface area contributed by atoms with Crippen molar-refractivity contribution in [2.45, 2.75) is 38.7 Å². The summed E-state index contributed by atoms with van der Waals surface area (Å²) < 4.78 is 21.9. The first kappa shape index (κ1) is 22.4. The molecule has 3 heterocycles. The molecule has 0 unspecified atom stereocenters. The van der Waals surface area contributed by atoms with Crippen molar-refractivity contribution in [2.24, 2.45) is 0 Å². The second-order valence-corrected chi connectivity index (χ2v) is 9.73. The van der Waals surface area contributed by atoms with E-state index < -0.39 is 0 Å². The Balaban J connectivity index is 1.40. The fraction of sp³-hybridized carbons (Fsp3) is 0.280. The molecule has 1 fully saturated rings. The van der Waals surface area contributed by atoms with Crippen molar-refractivity contribution in [3.05, 3.63) is 80.9 Å². The second-order valence-electron chi connectivity index (χ2n) is 8.21. The van der Waals surface area contributed by atoms with E-state index in [4.69, 9.17) is 25.8 Å². The molecule has 8 heteroatoms. The van der Waals surface area contributed by atoms with Crippen molar-refractivity contribution < 1.29 is 14.2 Å². The molecule has 0 spiro atoms. The van der Waals surface area contributed by atoms with Crippen LogP contribution in [0.15, 0.2) is 61.1 Å². The van der Waals surface area contributed by atoms with Gasteiger partial charge in [0.25, 0.3) is 0 Å². The fourth-order valence-corrected chi connectivity index (χ4v) is 5.16. The van der Waals surface area contributed by atoms with Gasteiger partial charge in [-0.15, -0.1) is 0 Å². The maximum absolute atomic E-state index is 6.47. The third-order valence-electron chi connectivity index (χ3n) is 5.75. The number of benzene rings is 2. The topological polar surface area (TPSA) is 58.4 Å². The van der Waals surface area contributed by atoms with Crippen LogP contribution in [0.1, 0.15) is 23.8 Å². The van der Waals surface area contributed by atoms with Gasteiger partial charge in [-0.1, -0.05) is 47.0 Å². The van der Waals surface area contributed by atoms with Gasteiger partial charge in [-0.2, -0.15) is 0 Å². The summed E-state index contributed by atoms with van der Waals surface area (Å²) in [6, 6.07) is 16.1. The summed E-state index contributed by atoms with van der Waals surface area (Å²) in [6.07, 6.45) is 3.43. The molecule has 2 aromatic heterocycles. The zero-order valence-electron chi connectivity index (χ0n) is 18.2. The lowest BCUT2D eigenvalue weighted by Gasteiger charge is -2.20. The Morgan fingerprint density at radius 2 is 1.70 bits per heavy atom. The molecule has 33 heavy (non-hydrogen) atoms. The van der Waals surface area contributed by atoms with Gasteiger partial charge in [0.05, 0.1) is 5.39 Å². The Bertz CT molecular complexity index is 1260. The van der Waals surface area contributed by atoms with E-state index in [9.17, 15) is 0 Å². The zero-order valence-corrected chi connectivity index (χ0v) is 21.2. The van der Waals surface area contributed by atoms with E-state index in [1.165, 1.54) is 17.5 Å². The molecule has 0 N–H and O–H groups in total. The third-order valence-corrected chi connectivity index (χ3v) is 6.86. The summed E-state index contributed by atoms with van der Waals surface area (Å²) in [5.74, 6) is 1.62. The van der Waals surface area contributed by atoms with Crippen LogP contribution in [-0.2, 0) is 4.74 Å². The summed E-state index contributed by atoms with van der Waals surface area (Å²) in [6.45, 7) is 4.49. The summed E-state index contributed by atoms with van der Waals surface area (Å²) in [7, 11) is 0. The number of aryl methyl sites for hydroxylation is 2. The molecular formula is C25H23ClIN3O3. The number of hydrogen-bond donors (Lipinski definition) is 0. The highest BCUT2D eigenvalue weighted by molar-refractivity contribution is 14.1. The quantitative estimate of drug-likeness (QED) is 0.205. The molecule has 0 saturated carbocycles. The van der Waals surface area contributed by atoms with E-state index >= 15 is 0 Å². The molecule has 2 aromatic carbocycles. The van der Waals surface area contributed by atoms with Crippen LogP contribution in [0.25, 0.3) is 11.0 Å². The van der Waals surface area contributed by atoms with Crippen LogP contribution in [-0.4, -0.2) is 33.3 Å². The van der Waals surface area contributed by atoms with Crippen molar-refractivity contribution in [3.63, 3.8) is 0 Å². The van der Waals surface area contributed by atoms with Crippen molar-refractivity contribution in [1.82, 2.24) is 14.5 Å². The highest BCUT2D eigenvalue weighted by Gasteiger charge is 2.39. The minimum absolute atomic E-state index is 0.185. The van der Waals surface area contributed by atoms with Crippen LogP contribution in [0, 0.1) is 17.4 Å². The number of rotatable bonds is 6. The molecular weight excluding hydrogens is 553 g/mol. The summed E-state index contributed by atoms with van der Waals surface area (Å²) in [5.41, 5.74) is 3.13. The lowest BCUT2D eigenvalue weighted by Crippen LogP contribution is -2.32. The van der Waals surface area contributed by atoms with Crippen molar-refractivity contribution in [1.29, 1.82) is 0 Å². The lowest BCUT2D eigenvalue weighted by molar-refractivity contribution is -0.0340. The number of fused-ring (bicyclic) bond motifs is 1. The molecule has 5 rings (SSSR count). The molecule has 1 aliphatic rings. The third kappa shape index (κ3) is 4.81. The van der Waals surface area contributed by atoms with E-state index in [0.29, 0.717) is 18.2 Å². The van der Waals surface area contributed by atoms with Crippen LogP contribution in [0.2, 0.25) is 5.15 Å². The minimum atomic E-state index is -0.260. The number of ether oxygens (including phenoxy) is 3. The lowest BCUT2D eigenvalue weighted by atomic mass is 10.1. The number of halogens is 2. The predicted octanol–water partition coefficient (Wildman–Crippen LogP) is 6.12. The van der Waals surface area contributed by atoms with Gasteiger partial charge < -0.3 is 18.8 Å². The number of hydrogen-bond acceptors (Lipinski definition) is 5. The smallest absolute Gasteiger partial charge is 0.148 e. The average Bonchev–Trinajstić information content (AvgIpc) is 3.36. The number of nitrogens with zero attached hydrogens (tertiary/aromatic N) is 3. The Labute approximate surface area is 211 Å². The Kier molecular flexibility index (Phi) is 6.44. The Morgan fingerprint density at radius 1 is 1.03 bits per heavy atom. The molecule has 0 aliphatic carbocycles. The molecule has 1 aliphatic heterocycles. The Morgan fingerprint density at radius 3 is 2.39 bits per heavy atom. The van der Waals surface area contributed by atoms with E-state index in [2.05, 4.69) is 46.4 Å². The van der Waals surface area contributed by atoms with Gasteiger partial charge in [-0.25, -0.2) is 9.97 Å². The van der Waals surface area contributed by atoms with Crippen LogP contribution in [0.4, 0.5) is 0 Å². The molecule has 0 radical (unpaired) electrons. The van der Waals surface area contributed by atoms with Gasteiger partial charge in [-0.05, 0) is 60.7 Å². The summed E-state index contributed by atoms with van der Waals surface area (Å²) in [5, 5.41) is 1.27. The van der Waals surface area contributed by atoms with Crippen LogP contribution >= 0.6 is 34.2 Å². The van der Waals surface area contributed by atoms with E-state index in [1.807, 2.05) is 59.3 Å². The van der Waals surface area contributed by atoms with Gasteiger partial charge in [0, 0.05) is 16.2 Å². The van der Waals surface area contributed by atoms with Gasteiger partial charge in [0.1, 0.15) is 53.7 Å². The highest BCUT2D eigenvalue weighted by Crippen LogP contribution is 2.37. The van der Waals surface area contributed by atoms with Gasteiger partial charge >= 0.3 is 0 Å². The molecule has 6 nitrogen and oxygen atoms in total. The first-order chi connectivity index (χ1) is 16.0. The SMILES string of the molecule is Cc1ccc(OC[C@H]2O[C@@H](n3cc(I)c4c(Cl)ncnc43)C[C@@H]2Oc2ccc(C)cc2)cc1. The largest absolute Gasteiger partial charge is 0.491 e. The van der Waals surface area contributed by atoms with Crippen molar-refractivity contribution >= 4 is 45.2 Å². The zero-order chi connectivity index (χ0) is 22.9. The summed E-state index contributed by atoms with van der Waals surface area (Å²) in [4.78, 5) is 8.58. The van der Waals surface area contributed by atoms with Gasteiger partial charge in [0.15, 0.2) is 0 Å². The fourth-order valence-electron chi connectivity index (χ4n) is 3.97. The maximum Gasteiger partial charge on any atom is 0.148 e. The molecule has 1 saturated heterocycles. The molecule has 4 aromatic rings.